The van der Waals surface area contributed by atoms with Crippen LogP contribution in [0.2, 0.25) is 0 Å². The first kappa shape index (κ1) is 35.0. The molecule has 5 atom stereocenters. The van der Waals surface area contributed by atoms with Crippen molar-refractivity contribution in [3.8, 4) is 0 Å². The highest BCUT2D eigenvalue weighted by atomic mass is 31.2. The van der Waals surface area contributed by atoms with Crippen LogP contribution in [0.15, 0.2) is 0 Å². The lowest BCUT2D eigenvalue weighted by atomic mass is 9.85. The van der Waals surface area contributed by atoms with Gasteiger partial charge in [0.1, 0.15) is 12.2 Å². The molecule has 1 N–H and O–H groups in total. The van der Waals surface area contributed by atoms with Gasteiger partial charge in [0.25, 0.3) is 11.8 Å². The standard InChI is InChI=1S/C30H55N4O7P/c1-8-22(9-2)17-25-29(38)33-24(18-30(4,5)6)28(37)32(23-13-15-31(19-23)14-11-12-16-35)20-26(33)34(41-25)27(36)21-42(7,39)40-10-3/h22-26,35H,8-21H2,1-7H3/t23-,24+,25-,26+,42?/m1/s1. The third kappa shape index (κ3) is 8.78. The summed E-state index contributed by atoms with van der Waals surface area (Å²) in [5.74, 6) is -0.601. The molecule has 0 radical (unpaired) electrons. The van der Waals surface area contributed by atoms with E-state index in [2.05, 4.69) is 39.5 Å². The molecule has 0 aromatic carbocycles. The molecule has 1 unspecified atom stereocenters. The lowest BCUT2D eigenvalue weighted by molar-refractivity contribution is -0.277. The molecule has 42 heavy (non-hydrogen) atoms. The maximum Gasteiger partial charge on any atom is 0.257 e. The Labute approximate surface area is 252 Å². The predicted molar refractivity (Wildman–Crippen MR) is 162 cm³/mol. The summed E-state index contributed by atoms with van der Waals surface area (Å²) in [7, 11) is -3.23. The minimum Gasteiger partial charge on any atom is -0.396 e. The molecule has 3 saturated heterocycles. The normalized spacial score (nSPS) is 27.1. The minimum atomic E-state index is -3.23. The van der Waals surface area contributed by atoms with Crippen molar-refractivity contribution in [1.82, 2.24) is 19.8 Å². The Hall–Kier alpha value is -1.52. The van der Waals surface area contributed by atoms with Gasteiger partial charge >= 0.3 is 0 Å². The minimum absolute atomic E-state index is 0.0497. The molecule has 0 aromatic heterocycles. The summed E-state index contributed by atoms with van der Waals surface area (Å²) in [6.45, 7) is 16.4. The van der Waals surface area contributed by atoms with Gasteiger partial charge in [-0.3, -0.25) is 23.8 Å². The first-order chi connectivity index (χ1) is 19.7. The molecule has 0 aliphatic carbocycles. The van der Waals surface area contributed by atoms with Crippen LogP contribution in [0.5, 0.6) is 0 Å². The Kier molecular flexibility index (Phi) is 12.5. The highest BCUT2D eigenvalue weighted by Crippen LogP contribution is 2.43. The zero-order chi connectivity index (χ0) is 31.2. The van der Waals surface area contributed by atoms with Crippen LogP contribution < -0.4 is 0 Å². The number of likely N-dealkylation sites (tertiary alicyclic amines) is 1. The van der Waals surface area contributed by atoms with Gasteiger partial charge in [-0.15, -0.1) is 0 Å². The van der Waals surface area contributed by atoms with Gasteiger partial charge in [0.2, 0.25) is 13.3 Å². The number of rotatable bonds is 14. The molecule has 11 nitrogen and oxygen atoms in total. The van der Waals surface area contributed by atoms with E-state index >= 15 is 0 Å². The molecule has 3 amide bonds. The molecule has 12 heteroatoms. The maximum absolute atomic E-state index is 14.3. The van der Waals surface area contributed by atoms with Crippen LogP contribution in [0.4, 0.5) is 0 Å². The fraction of sp³-hybridized carbons (Fsp3) is 0.900. The number of carbonyl (C=O) groups is 3. The fourth-order valence-corrected chi connectivity index (χ4v) is 7.79. The van der Waals surface area contributed by atoms with E-state index in [1.54, 1.807) is 11.8 Å². The zero-order valence-electron chi connectivity index (χ0n) is 26.9. The number of unbranched alkanes of at least 4 members (excludes halogenated alkanes) is 1. The molecule has 0 spiro atoms. The Balaban J connectivity index is 1.98. The molecule has 3 rings (SSSR count). The molecule has 0 saturated carbocycles. The second kappa shape index (κ2) is 15.0. The number of aliphatic hydroxyl groups is 1. The van der Waals surface area contributed by atoms with Crippen molar-refractivity contribution in [1.29, 1.82) is 0 Å². The van der Waals surface area contributed by atoms with Crippen molar-refractivity contribution < 1.29 is 33.4 Å². The number of nitrogens with zero attached hydrogens (tertiary/aromatic N) is 4. The van der Waals surface area contributed by atoms with E-state index in [0.717, 1.165) is 45.2 Å². The predicted octanol–water partition coefficient (Wildman–Crippen LogP) is 3.55. The van der Waals surface area contributed by atoms with E-state index in [-0.39, 0.29) is 55.1 Å². The second-order valence-corrected chi connectivity index (χ2v) is 16.1. The quantitative estimate of drug-likeness (QED) is 0.233. The number of hydrogen-bond donors (Lipinski definition) is 1. The maximum atomic E-state index is 14.3. The second-order valence-electron chi connectivity index (χ2n) is 13.5. The van der Waals surface area contributed by atoms with Crippen molar-refractivity contribution >= 4 is 25.1 Å². The molecule has 0 aromatic rings. The van der Waals surface area contributed by atoms with Crippen LogP contribution in [-0.4, -0.2) is 119 Å². The molecule has 242 valence electrons. The van der Waals surface area contributed by atoms with E-state index < -0.39 is 31.6 Å². The van der Waals surface area contributed by atoms with Gasteiger partial charge in [0.15, 0.2) is 12.3 Å². The number of carbonyl (C=O) groups excluding carboxylic acids is 3. The first-order valence-electron chi connectivity index (χ1n) is 15.9. The Morgan fingerprint density at radius 2 is 1.81 bits per heavy atom. The molecule has 3 aliphatic rings. The number of hydroxylamine groups is 2. The van der Waals surface area contributed by atoms with Gasteiger partial charge in [-0.05, 0) is 56.9 Å². The average molecular weight is 615 g/mol. The summed E-state index contributed by atoms with van der Waals surface area (Å²) in [6.07, 6.45) is 3.01. The van der Waals surface area contributed by atoms with E-state index in [4.69, 9.17) is 9.36 Å². The van der Waals surface area contributed by atoms with Gasteiger partial charge < -0.3 is 24.3 Å². The van der Waals surface area contributed by atoms with Gasteiger partial charge in [-0.2, -0.15) is 5.06 Å². The van der Waals surface area contributed by atoms with E-state index in [1.807, 2.05) is 4.90 Å². The molecular weight excluding hydrogens is 559 g/mol. The number of hydrogen-bond acceptors (Lipinski definition) is 8. The number of fused-ring (bicyclic) bond motifs is 1. The number of aliphatic hydroxyl groups excluding tert-OH is 1. The van der Waals surface area contributed by atoms with Crippen molar-refractivity contribution in [3.63, 3.8) is 0 Å². The van der Waals surface area contributed by atoms with Gasteiger partial charge in [0.05, 0.1) is 13.2 Å². The van der Waals surface area contributed by atoms with E-state index in [1.165, 1.54) is 11.7 Å². The summed E-state index contributed by atoms with van der Waals surface area (Å²) in [5.41, 5.74) is -0.258. The van der Waals surface area contributed by atoms with Crippen molar-refractivity contribution in [3.05, 3.63) is 0 Å². The monoisotopic (exact) mass is 614 g/mol. The lowest BCUT2D eigenvalue weighted by Crippen LogP contribution is -2.75. The summed E-state index contributed by atoms with van der Waals surface area (Å²) in [5, 5.41) is 10.4. The summed E-state index contributed by atoms with van der Waals surface area (Å²) >= 11 is 0. The summed E-state index contributed by atoms with van der Waals surface area (Å²) in [6, 6.07) is -0.783. The topological polar surface area (TPSA) is 120 Å². The van der Waals surface area contributed by atoms with Crippen LogP contribution in [-0.2, 0) is 28.3 Å². The average Bonchev–Trinajstić information content (AvgIpc) is 3.37. The van der Waals surface area contributed by atoms with Crippen LogP contribution in [0, 0.1) is 11.3 Å². The Bertz CT molecular complexity index is 985. The zero-order valence-corrected chi connectivity index (χ0v) is 27.8. The van der Waals surface area contributed by atoms with Gasteiger partial charge in [-0.25, -0.2) is 0 Å². The highest BCUT2D eigenvalue weighted by molar-refractivity contribution is 7.59. The van der Waals surface area contributed by atoms with Crippen molar-refractivity contribution in [2.75, 3.05) is 52.2 Å². The lowest BCUT2D eigenvalue weighted by Gasteiger charge is -2.55. The number of amides is 3. The first-order valence-corrected chi connectivity index (χ1v) is 18.2. The van der Waals surface area contributed by atoms with E-state index in [9.17, 15) is 24.1 Å². The summed E-state index contributed by atoms with van der Waals surface area (Å²) < 4.78 is 18.5. The molecule has 3 aliphatic heterocycles. The Morgan fingerprint density at radius 3 is 2.40 bits per heavy atom. The summed E-state index contributed by atoms with van der Waals surface area (Å²) in [4.78, 5) is 54.2. The third-order valence-corrected chi connectivity index (χ3v) is 10.4. The molecule has 0 bridgehead atoms. The van der Waals surface area contributed by atoms with Crippen LogP contribution >= 0.6 is 7.37 Å². The van der Waals surface area contributed by atoms with Gasteiger partial charge in [-0.1, -0.05) is 47.5 Å². The highest BCUT2D eigenvalue weighted by Gasteiger charge is 2.55. The Morgan fingerprint density at radius 1 is 1.12 bits per heavy atom. The van der Waals surface area contributed by atoms with E-state index in [0.29, 0.717) is 19.4 Å². The number of piperazine rings is 1. The SMILES string of the molecule is CCOP(C)(=O)CC(=O)N1O[C@H](CC(CC)CC)C(=O)N2[C@@H]1CN([C@@H]1CCN(CCCCO)C1)C(=O)[C@@H]2CC(C)(C)C. The fourth-order valence-electron chi connectivity index (χ4n) is 6.52. The van der Waals surface area contributed by atoms with Crippen molar-refractivity contribution in [2.24, 2.45) is 11.3 Å². The van der Waals surface area contributed by atoms with Crippen LogP contribution in [0.25, 0.3) is 0 Å². The molecular formula is C30H55N4O7P. The smallest absolute Gasteiger partial charge is 0.257 e. The van der Waals surface area contributed by atoms with Crippen LogP contribution in [0.3, 0.4) is 0 Å². The third-order valence-electron chi connectivity index (χ3n) is 8.78. The largest absolute Gasteiger partial charge is 0.396 e. The van der Waals surface area contributed by atoms with Crippen LogP contribution in [0.1, 0.15) is 86.5 Å². The molecule has 3 fully saturated rings. The van der Waals surface area contributed by atoms with Crippen molar-refractivity contribution in [2.45, 2.75) is 111 Å². The van der Waals surface area contributed by atoms with Gasteiger partial charge in [0, 0.05) is 32.4 Å². The molecule has 3 heterocycles.